The molecule has 2 rings (SSSR count). The van der Waals surface area contributed by atoms with E-state index in [0.29, 0.717) is 30.0 Å². The van der Waals surface area contributed by atoms with Crippen LogP contribution < -0.4 is 14.8 Å². The number of carbonyl (C=O) groups excluding carboxylic acids is 2. The first-order valence-electron chi connectivity index (χ1n) is 8.43. The van der Waals surface area contributed by atoms with E-state index in [-0.39, 0.29) is 11.8 Å². The van der Waals surface area contributed by atoms with Gasteiger partial charge in [-0.2, -0.15) is 0 Å². The number of nitrogens with zero attached hydrogens (tertiary/aromatic N) is 1. The molecule has 0 aromatic heterocycles. The maximum Gasteiger partial charge on any atom is 0.251 e. The van der Waals surface area contributed by atoms with Crippen LogP contribution in [0.1, 0.15) is 42.5 Å². The highest BCUT2D eigenvalue weighted by atomic mass is 16.5. The van der Waals surface area contributed by atoms with E-state index in [9.17, 15) is 9.59 Å². The summed E-state index contributed by atoms with van der Waals surface area (Å²) in [7, 11) is 3.08. The quantitative estimate of drug-likeness (QED) is 0.866. The average molecular weight is 334 g/mol. The Balaban J connectivity index is 1.85. The van der Waals surface area contributed by atoms with Gasteiger partial charge in [0.2, 0.25) is 5.91 Å². The van der Waals surface area contributed by atoms with Gasteiger partial charge in [-0.25, -0.2) is 0 Å². The van der Waals surface area contributed by atoms with E-state index in [4.69, 9.17) is 9.47 Å². The largest absolute Gasteiger partial charge is 0.497 e. The lowest BCUT2D eigenvalue weighted by Gasteiger charge is -2.20. The molecule has 132 valence electrons. The highest BCUT2D eigenvalue weighted by Crippen LogP contribution is 2.22. The third kappa shape index (κ3) is 5.15. The van der Waals surface area contributed by atoms with Crippen molar-refractivity contribution in [2.75, 3.05) is 33.9 Å². The van der Waals surface area contributed by atoms with Gasteiger partial charge in [-0.1, -0.05) is 12.8 Å². The maximum atomic E-state index is 12.2. The van der Waals surface area contributed by atoms with Gasteiger partial charge in [-0.3, -0.25) is 9.59 Å². The number of benzene rings is 1. The second-order valence-electron chi connectivity index (χ2n) is 5.90. The smallest absolute Gasteiger partial charge is 0.251 e. The normalized spacial score (nSPS) is 14.7. The molecule has 1 aromatic rings. The number of hydrogen-bond donors (Lipinski definition) is 1. The molecule has 1 aromatic carbocycles. The first-order valence-corrected chi connectivity index (χ1v) is 8.43. The van der Waals surface area contributed by atoms with Crippen LogP contribution in [0.4, 0.5) is 0 Å². The molecule has 1 fully saturated rings. The van der Waals surface area contributed by atoms with E-state index in [1.165, 1.54) is 27.1 Å². The Labute approximate surface area is 143 Å². The van der Waals surface area contributed by atoms with E-state index in [0.717, 1.165) is 25.9 Å². The first kappa shape index (κ1) is 18.1. The van der Waals surface area contributed by atoms with Crippen LogP contribution in [-0.4, -0.2) is 50.6 Å². The minimum atomic E-state index is -0.240. The van der Waals surface area contributed by atoms with Crippen LogP contribution in [0.5, 0.6) is 11.5 Å². The van der Waals surface area contributed by atoms with E-state index >= 15 is 0 Å². The summed E-state index contributed by atoms with van der Waals surface area (Å²) in [5, 5.41) is 2.79. The first-order chi connectivity index (χ1) is 11.6. The minimum absolute atomic E-state index is 0.112. The molecule has 2 amide bonds. The predicted octanol–water partition coefficient (Wildman–Crippen LogP) is 2.23. The number of amides is 2. The lowest BCUT2D eigenvalue weighted by Crippen LogP contribution is -2.35. The van der Waals surface area contributed by atoms with Gasteiger partial charge in [0.15, 0.2) is 0 Å². The van der Waals surface area contributed by atoms with Crippen LogP contribution in [-0.2, 0) is 4.79 Å². The fourth-order valence-electron chi connectivity index (χ4n) is 2.80. The molecule has 1 saturated heterocycles. The summed E-state index contributed by atoms with van der Waals surface area (Å²) in [6.45, 7) is 1.99. The number of carbonyl (C=O) groups is 2. The van der Waals surface area contributed by atoms with Crippen molar-refractivity contribution < 1.29 is 19.1 Å². The zero-order valence-electron chi connectivity index (χ0n) is 14.5. The number of rotatable bonds is 6. The van der Waals surface area contributed by atoms with Crippen molar-refractivity contribution in [2.24, 2.45) is 0 Å². The molecule has 0 bridgehead atoms. The number of methoxy groups -OCH3 is 2. The molecule has 1 aliphatic rings. The summed E-state index contributed by atoms with van der Waals surface area (Å²) in [6, 6.07) is 5.00. The number of likely N-dealkylation sites (tertiary alicyclic amines) is 1. The second-order valence-corrected chi connectivity index (χ2v) is 5.90. The molecule has 1 heterocycles. The monoisotopic (exact) mass is 334 g/mol. The van der Waals surface area contributed by atoms with Gasteiger partial charge in [-0.15, -0.1) is 0 Å². The zero-order valence-corrected chi connectivity index (χ0v) is 14.5. The molecule has 24 heavy (non-hydrogen) atoms. The van der Waals surface area contributed by atoms with Crippen molar-refractivity contribution in [2.45, 2.75) is 32.1 Å². The van der Waals surface area contributed by atoms with Crippen LogP contribution in [0.25, 0.3) is 0 Å². The van der Waals surface area contributed by atoms with Gasteiger partial charge in [0.1, 0.15) is 11.5 Å². The Kier molecular flexibility index (Phi) is 6.90. The number of ether oxygens (including phenoxy) is 2. The minimum Gasteiger partial charge on any atom is -0.497 e. The third-order valence-corrected chi connectivity index (χ3v) is 4.20. The molecule has 0 spiro atoms. The fraction of sp³-hybridized carbons (Fsp3) is 0.556. The van der Waals surface area contributed by atoms with Crippen molar-refractivity contribution in [3.05, 3.63) is 23.8 Å². The van der Waals surface area contributed by atoms with Crippen molar-refractivity contribution in [1.29, 1.82) is 0 Å². The number of hydrogen-bond acceptors (Lipinski definition) is 4. The van der Waals surface area contributed by atoms with E-state index in [1.54, 1.807) is 18.2 Å². The van der Waals surface area contributed by atoms with E-state index in [1.807, 2.05) is 4.90 Å². The Morgan fingerprint density at radius 2 is 1.58 bits per heavy atom. The summed E-state index contributed by atoms with van der Waals surface area (Å²) in [5.74, 6) is 0.983. The average Bonchev–Trinajstić information content (AvgIpc) is 2.90. The van der Waals surface area contributed by atoms with Gasteiger partial charge in [-0.05, 0) is 25.0 Å². The Hall–Kier alpha value is -2.24. The lowest BCUT2D eigenvalue weighted by atomic mass is 10.2. The molecule has 0 saturated carbocycles. The van der Waals surface area contributed by atoms with Gasteiger partial charge >= 0.3 is 0 Å². The fourth-order valence-corrected chi connectivity index (χ4v) is 2.80. The molecule has 0 radical (unpaired) electrons. The zero-order chi connectivity index (χ0) is 17.4. The summed E-state index contributed by atoms with van der Waals surface area (Å²) >= 11 is 0. The Bertz CT molecular complexity index is 544. The molecule has 0 aliphatic carbocycles. The molecule has 1 aliphatic heterocycles. The van der Waals surface area contributed by atoms with Crippen molar-refractivity contribution in [1.82, 2.24) is 10.2 Å². The number of nitrogens with one attached hydrogen (secondary N) is 1. The molecule has 0 unspecified atom stereocenters. The maximum absolute atomic E-state index is 12.2. The summed E-state index contributed by atoms with van der Waals surface area (Å²) in [4.78, 5) is 26.4. The van der Waals surface area contributed by atoms with Crippen molar-refractivity contribution in [3.8, 4) is 11.5 Å². The molecular weight excluding hydrogens is 308 g/mol. The molecule has 6 nitrogen and oxygen atoms in total. The SMILES string of the molecule is COc1cc(OC)cc(C(=O)NCCC(=O)N2CCCCCC2)c1. The van der Waals surface area contributed by atoms with E-state index in [2.05, 4.69) is 5.32 Å². The summed E-state index contributed by atoms with van der Waals surface area (Å²) in [5.41, 5.74) is 0.452. The Morgan fingerprint density at radius 3 is 2.12 bits per heavy atom. The molecular formula is C18H26N2O4. The molecule has 6 heteroatoms. The summed E-state index contributed by atoms with van der Waals surface area (Å²) in [6.07, 6.45) is 4.85. The standard InChI is InChI=1S/C18H26N2O4/c1-23-15-11-14(12-16(13-15)24-2)18(22)19-8-7-17(21)20-9-5-3-4-6-10-20/h11-13H,3-10H2,1-2H3,(H,19,22). The van der Waals surface area contributed by atoms with Crippen LogP contribution in [0.2, 0.25) is 0 Å². The second kappa shape index (κ2) is 9.15. The van der Waals surface area contributed by atoms with Gasteiger partial charge in [0.25, 0.3) is 5.91 Å². The summed E-state index contributed by atoms with van der Waals surface area (Å²) < 4.78 is 10.3. The van der Waals surface area contributed by atoms with Crippen molar-refractivity contribution in [3.63, 3.8) is 0 Å². The van der Waals surface area contributed by atoms with Gasteiger partial charge in [0, 0.05) is 37.7 Å². The lowest BCUT2D eigenvalue weighted by molar-refractivity contribution is -0.131. The van der Waals surface area contributed by atoms with Gasteiger partial charge in [0.05, 0.1) is 14.2 Å². The predicted molar refractivity (Wildman–Crippen MR) is 91.5 cm³/mol. The molecule has 0 atom stereocenters. The molecule has 1 N–H and O–H groups in total. The van der Waals surface area contributed by atoms with Crippen LogP contribution >= 0.6 is 0 Å². The van der Waals surface area contributed by atoms with E-state index < -0.39 is 0 Å². The van der Waals surface area contributed by atoms with Crippen LogP contribution in [0.15, 0.2) is 18.2 Å². The highest BCUT2D eigenvalue weighted by Gasteiger charge is 2.16. The Morgan fingerprint density at radius 1 is 1.00 bits per heavy atom. The van der Waals surface area contributed by atoms with Gasteiger partial charge < -0.3 is 19.7 Å². The van der Waals surface area contributed by atoms with Crippen LogP contribution in [0.3, 0.4) is 0 Å². The topological polar surface area (TPSA) is 67.9 Å². The third-order valence-electron chi connectivity index (χ3n) is 4.20. The van der Waals surface area contributed by atoms with Crippen LogP contribution in [0, 0.1) is 0 Å². The van der Waals surface area contributed by atoms with Crippen molar-refractivity contribution >= 4 is 11.8 Å². The highest BCUT2D eigenvalue weighted by molar-refractivity contribution is 5.95.